The number of nitriles is 1. The van der Waals surface area contributed by atoms with E-state index in [9.17, 15) is 4.39 Å². The second-order valence-corrected chi connectivity index (χ2v) is 6.40. The molecule has 0 heterocycles. The molecule has 0 bridgehead atoms. The highest BCUT2D eigenvalue weighted by Gasteiger charge is 2.43. The van der Waals surface area contributed by atoms with Crippen LogP contribution in [0.4, 0.5) is 4.39 Å². The van der Waals surface area contributed by atoms with E-state index in [4.69, 9.17) is 10.00 Å². The Kier molecular flexibility index (Phi) is 5.19. The average Bonchev–Trinajstić information content (AvgIpc) is 3.18. The monoisotopic (exact) mass is 290 g/mol. The summed E-state index contributed by atoms with van der Waals surface area (Å²) in [4.78, 5) is 0. The molecule has 4 heteroatoms. The summed E-state index contributed by atoms with van der Waals surface area (Å²) in [6.45, 7) is 6.29. The lowest BCUT2D eigenvalue weighted by Crippen LogP contribution is -2.20. The Labute approximate surface area is 126 Å². The lowest BCUT2D eigenvalue weighted by atomic mass is 10.1. The summed E-state index contributed by atoms with van der Waals surface area (Å²) in [5.74, 6) is 1.02. The summed E-state index contributed by atoms with van der Waals surface area (Å²) < 4.78 is 19.3. The number of ether oxygens (including phenoxy) is 1. The fourth-order valence-electron chi connectivity index (χ4n) is 2.27. The van der Waals surface area contributed by atoms with Crippen molar-refractivity contribution >= 4 is 0 Å². The van der Waals surface area contributed by atoms with Gasteiger partial charge in [0.25, 0.3) is 0 Å². The van der Waals surface area contributed by atoms with Crippen LogP contribution in [0.5, 0.6) is 5.75 Å². The highest BCUT2D eigenvalue weighted by Crippen LogP contribution is 2.48. The number of rotatable bonds is 8. The Morgan fingerprint density at radius 2 is 2.19 bits per heavy atom. The molecule has 1 aromatic rings. The van der Waals surface area contributed by atoms with E-state index in [1.807, 2.05) is 0 Å². The van der Waals surface area contributed by atoms with Crippen molar-refractivity contribution in [3.8, 4) is 11.8 Å². The minimum Gasteiger partial charge on any atom is -0.493 e. The van der Waals surface area contributed by atoms with Crippen molar-refractivity contribution in [1.82, 2.24) is 5.32 Å². The van der Waals surface area contributed by atoms with E-state index in [-0.39, 0.29) is 11.2 Å². The van der Waals surface area contributed by atoms with E-state index >= 15 is 0 Å². The second kappa shape index (κ2) is 6.91. The van der Waals surface area contributed by atoms with Gasteiger partial charge in [0.15, 0.2) is 0 Å². The third-order valence-corrected chi connectivity index (χ3v) is 3.84. The summed E-state index contributed by atoms with van der Waals surface area (Å²) >= 11 is 0. The Bertz CT molecular complexity index is 518. The molecule has 0 amide bonds. The Balaban J connectivity index is 1.96. The molecule has 1 aromatic carbocycles. The maximum absolute atomic E-state index is 13.4. The van der Waals surface area contributed by atoms with Gasteiger partial charge in [-0.2, -0.15) is 5.26 Å². The molecule has 0 spiro atoms. The van der Waals surface area contributed by atoms with Crippen LogP contribution < -0.4 is 10.1 Å². The van der Waals surface area contributed by atoms with Gasteiger partial charge in [-0.1, -0.05) is 13.8 Å². The first kappa shape index (κ1) is 15.8. The summed E-state index contributed by atoms with van der Waals surface area (Å²) in [5, 5.41) is 12.1. The molecule has 2 rings (SSSR count). The van der Waals surface area contributed by atoms with Gasteiger partial charge in [0.05, 0.1) is 12.7 Å². The highest BCUT2D eigenvalue weighted by atomic mass is 19.1. The fraction of sp³-hybridized carbons (Fsp3) is 0.588. The van der Waals surface area contributed by atoms with Crippen LogP contribution >= 0.6 is 0 Å². The van der Waals surface area contributed by atoms with E-state index in [1.54, 1.807) is 6.07 Å². The van der Waals surface area contributed by atoms with Crippen molar-refractivity contribution in [2.45, 2.75) is 39.7 Å². The van der Waals surface area contributed by atoms with Crippen LogP contribution in [0.1, 0.15) is 38.7 Å². The Morgan fingerprint density at radius 1 is 1.43 bits per heavy atom. The van der Waals surface area contributed by atoms with Gasteiger partial charge in [-0.05, 0) is 43.5 Å². The quantitative estimate of drug-likeness (QED) is 0.795. The highest BCUT2D eigenvalue weighted by molar-refractivity contribution is 5.34. The van der Waals surface area contributed by atoms with E-state index < -0.39 is 0 Å². The van der Waals surface area contributed by atoms with E-state index in [0.717, 1.165) is 30.7 Å². The summed E-state index contributed by atoms with van der Waals surface area (Å²) in [7, 11) is 0. The molecule has 3 nitrogen and oxygen atoms in total. The standard InChI is InChI=1S/C17H23FN2O/c1-13(2)10-20-11-14-9-15(18)3-4-16(14)21-12-17(5-6-17)7-8-19/h3-4,9,13,20H,5-7,10-12H2,1-2H3. The second-order valence-electron chi connectivity index (χ2n) is 6.40. The Morgan fingerprint density at radius 3 is 2.81 bits per heavy atom. The molecule has 1 N–H and O–H groups in total. The van der Waals surface area contributed by atoms with Crippen LogP contribution in [0.3, 0.4) is 0 Å². The van der Waals surface area contributed by atoms with Crippen LogP contribution in [0.25, 0.3) is 0 Å². The van der Waals surface area contributed by atoms with Gasteiger partial charge in [-0.25, -0.2) is 4.39 Å². The normalized spacial score (nSPS) is 15.8. The number of benzene rings is 1. The number of halogens is 1. The van der Waals surface area contributed by atoms with E-state index in [1.165, 1.54) is 12.1 Å². The van der Waals surface area contributed by atoms with Crippen molar-refractivity contribution in [3.05, 3.63) is 29.6 Å². The number of nitrogens with one attached hydrogen (secondary N) is 1. The molecule has 0 atom stereocenters. The first-order valence-corrected chi connectivity index (χ1v) is 7.53. The SMILES string of the molecule is CC(C)CNCc1cc(F)ccc1OCC1(CC#N)CC1. The summed E-state index contributed by atoms with van der Waals surface area (Å²) in [6.07, 6.45) is 2.63. The number of hydrogen-bond donors (Lipinski definition) is 1. The average molecular weight is 290 g/mol. The molecular weight excluding hydrogens is 267 g/mol. The third kappa shape index (κ3) is 4.71. The van der Waals surface area contributed by atoms with Crippen molar-refractivity contribution in [2.24, 2.45) is 11.3 Å². The molecule has 0 aromatic heterocycles. The minimum atomic E-state index is -0.248. The van der Waals surface area contributed by atoms with Crippen LogP contribution in [0, 0.1) is 28.5 Å². The summed E-state index contributed by atoms with van der Waals surface area (Å²) in [5.41, 5.74) is 0.870. The zero-order valence-corrected chi connectivity index (χ0v) is 12.8. The zero-order valence-electron chi connectivity index (χ0n) is 12.8. The minimum absolute atomic E-state index is 0.0335. The molecular formula is C17H23FN2O. The van der Waals surface area contributed by atoms with Crippen molar-refractivity contribution in [1.29, 1.82) is 5.26 Å². The predicted octanol–water partition coefficient (Wildman–Crippen LogP) is 3.64. The van der Waals surface area contributed by atoms with Gasteiger partial charge in [0, 0.05) is 23.9 Å². The largest absolute Gasteiger partial charge is 0.493 e. The molecule has 1 saturated carbocycles. The zero-order chi connectivity index (χ0) is 15.3. The molecule has 0 aliphatic heterocycles. The van der Waals surface area contributed by atoms with Crippen LogP contribution in [0.2, 0.25) is 0 Å². The van der Waals surface area contributed by atoms with Gasteiger partial charge in [0.2, 0.25) is 0 Å². The molecule has 1 aliphatic rings. The van der Waals surface area contributed by atoms with Crippen molar-refractivity contribution < 1.29 is 9.13 Å². The van der Waals surface area contributed by atoms with E-state index in [0.29, 0.717) is 25.5 Å². The maximum Gasteiger partial charge on any atom is 0.124 e. The van der Waals surface area contributed by atoms with Crippen LogP contribution in [-0.2, 0) is 6.54 Å². The Hall–Kier alpha value is -1.60. The maximum atomic E-state index is 13.4. The van der Waals surface area contributed by atoms with Gasteiger partial charge in [-0.3, -0.25) is 0 Å². The number of nitrogens with zero attached hydrogens (tertiary/aromatic N) is 1. The third-order valence-electron chi connectivity index (χ3n) is 3.84. The number of hydrogen-bond acceptors (Lipinski definition) is 3. The topological polar surface area (TPSA) is 45.0 Å². The molecule has 0 unspecified atom stereocenters. The summed E-state index contributed by atoms with van der Waals surface area (Å²) in [6, 6.07) is 6.85. The molecule has 114 valence electrons. The molecule has 0 radical (unpaired) electrons. The lowest BCUT2D eigenvalue weighted by Gasteiger charge is -2.16. The predicted molar refractivity (Wildman–Crippen MR) is 80.3 cm³/mol. The van der Waals surface area contributed by atoms with Crippen molar-refractivity contribution in [2.75, 3.05) is 13.2 Å². The van der Waals surface area contributed by atoms with Gasteiger partial charge in [0.1, 0.15) is 11.6 Å². The smallest absolute Gasteiger partial charge is 0.124 e. The lowest BCUT2D eigenvalue weighted by molar-refractivity contribution is 0.234. The van der Waals surface area contributed by atoms with E-state index in [2.05, 4.69) is 25.2 Å². The first-order chi connectivity index (χ1) is 10.0. The van der Waals surface area contributed by atoms with Gasteiger partial charge >= 0.3 is 0 Å². The first-order valence-electron chi connectivity index (χ1n) is 7.53. The van der Waals surface area contributed by atoms with Gasteiger partial charge < -0.3 is 10.1 Å². The molecule has 21 heavy (non-hydrogen) atoms. The van der Waals surface area contributed by atoms with Crippen LogP contribution in [0.15, 0.2) is 18.2 Å². The molecule has 1 aliphatic carbocycles. The van der Waals surface area contributed by atoms with Crippen molar-refractivity contribution in [3.63, 3.8) is 0 Å². The van der Waals surface area contributed by atoms with Crippen LogP contribution in [-0.4, -0.2) is 13.2 Å². The fourth-order valence-corrected chi connectivity index (χ4v) is 2.27. The van der Waals surface area contributed by atoms with Gasteiger partial charge in [-0.15, -0.1) is 0 Å². The molecule has 1 fully saturated rings. The molecule has 0 saturated heterocycles.